The average Bonchev–Trinajstić information content (AvgIpc) is 3.07. The molecule has 0 radical (unpaired) electrons. The minimum Gasteiger partial charge on any atom is -0.300 e. The number of hydrogen-bond donors (Lipinski definition) is 1. The molecule has 3 rings (SSSR count). The third-order valence-corrected chi connectivity index (χ3v) is 4.66. The first-order chi connectivity index (χ1) is 10.1. The number of imide groups is 1. The van der Waals surface area contributed by atoms with Gasteiger partial charge in [0.15, 0.2) is 5.13 Å². The highest BCUT2D eigenvalue weighted by atomic mass is 32.1. The van der Waals surface area contributed by atoms with Crippen molar-refractivity contribution in [3.8, 4) is 0 Å². The Kier molecular flexibility index (Phi) is 3.59. The van der Waals surface area contributed by atoms with E-state index in [1.165, 1.54) is 11.3 Å². The summed E-state index contributed by atoms with van der Waals surface area (Å²) in [6.45, 7) is 1.57. The fraction of sp³-hybridized carbons (Fsp3) is 0.429. The summed E-state index contributed by atoms with van der Waals surface area (Å²) in [5.74, 6) is -1.49. The maximum absolute atomic E-state index is 12.4. The molecule has 3 atom stereocenters. The van der Waals surface area contributed by atoms with Crippen LogP contribution in [0.5, 0.6) is 0 Å². The number of nitrogens with zero attached hydrogens (tertiary/aromatic N) is 2. The summed E-state index contributed by atoms with van der Waals surface area (Å²) in [6.07, 6.45) is 6.59. The summed E-state index contributed by atoms with van der Waals surface area (Å²) in [6, 6.07) is -0.820. The molecule has 2 heterocycles. The SMILES string of the molecule is C[C@H](C(=O)Nc1nccs1)N1C(=O)[C@H]2CC=CC[C@H]2C1=O. The van der Waals surface area contributed by atoms with Gasteiger partial charge in [-0.3, -0.25) is 19.3 Å². The number of thiazole rings is 1. The Bertz CT molecular complexity index is 585. The summed E-state index contributed by atoms with van der Waals surface area (Å²) in [5, 5.41) is 4.83. The minimum absolute atomic E-state index is 0.240. The van der Waals surface area contributed by atoms with Crippen molar-refractivity contribution >= 4 is 34.2 Å². The molecule has 21 heavy (non-hydrogen) atoms. The second-order valence-corrected chi connectivity index (χ2v) is 6.10. The highest BCUT2D eigenvalue weighted by Gasteiger charge is 2.50. The van der Waals surface area contributed by atoms with E-state index in [1.54, 1.807) is 18.5 Å². The number of rotatable bonds is 3. The molecule has 0 aromatic carbocycles. The van der Waals surface area contributed by atoms with Gasteiger partial charge < -0.3 is 5.32 Å². The molecule has 0 saturated carbocycles. The lowest BCUT2D eigenvalue weighted by Gasteiger charge is -2.21. The molecule has 0 spiro atoms. The van der Waals surface area contributed by atoms with Crippen LogP contribution in [0, 0.1) is 11.8 Å². The van der Waals surface area contributed by atoms with Crippen LogP contribution in [0.25, 0.3) is 0 Å². The normalized spacial score (nSPS) is 25.9. The molecule has 1 fully saturated rings. The summed E-state index contributed by atoms with van der Waals surface area (Å²) in [5.41, 5.74) is 0. The van der Waals surface area contributed by atoms with Crippen molar-refractivity contribution in [2.45, 2.75) is 25.8 Å². The standard InChI is InChI=1S/C14H15N3O3S/c1-8(11(18)16-14-15-6-7-21-14)17-12(19)9-4-2-3-5-10(9)13(17)20/h2-3,6-10H,4-5H2,1H3,(H,15,16,18)/t8-,9-,10+/m1/s1. The number of allylic oxidation sites excluding steroid dienone is 2. The molecule has 1 aromatic heterocycles. The number of fused-ring (bicyclic) bond motifs is 1. The Morgan fingerprint density at radius 3 is 2.48 bits per heavy atom. The monoisotopic (exact) mass is 305 g/mol. The third kappa shape index (κ3) is 2.37. The number of carbonyl (C=O) groups excluding carboxylic acids is 3. The second kappa shape index (κ2) is 5.40. The van der Waals surface area contributed by atoms with E-state index in [9.17, 15) is 14.4 Å². The number of likely N-dealkylation sites (tertiary alicyclic amines) is 1. The molecule has 110 valence electrons. The van der Waals surface area contributed by atoms with Gasteiger partial charge in [0, 0.05) is 11.6 Å². The van der Waals surface area contributed by atoms with E-state index >= 15 is 0 Å². The first-order valence-electron chi connectivity index (χ1n) is 6.82. The zero-order chi connectivity index (χ0) is 15.0. The third-order valence-electron chi connectivity index (χ3n) is 3.97. The van der Waals surface area contributed by atoms with E-state index in [1.807, 2.05) is 12.2 Å². The Morgan fingerprint density at radius 1 is 1.33 bits per heavy atom. The molecular weight excluding hydrogens is 290 g/mol. The Balaban J connectivity index is 1.75. The number of amides is 3. The average molecular weight is 305 g/mol. The van der Waals surface area contributed by atoms with E-state index in [0.29, 0.717) is 18.0 Å². The van der Waals surface area contributed by atoms with Crippen LogP contribution in [-0.4, -0.2) is 33.6 Å². The summed E-state index contributed by atoms with van der Waals surface area (Å²) >= 11 is 1.29. The molecule has 1 aliphatic heterocycles. The van der Waals surface area contributed by atoms with Gasteiger partial charge in [-0.05, 0) is 19.8 Å². The second-order valence-electron chi connectivity index (χ2n) is 5.20. The van der Waals surface area contributed by atoms with Crippen molar-refractivity contribution in [3.63, 3.8) is 0 Å². The van der Waals surface area contributed by atoms with Crippen LogP contribution in [0.3, 0.4) is 0 Å². The van der Waals surface area contributed by atoms with Crippen molar-refractivity contribution in [2.24, 2.45) is 11.8 Å². The van der Waals surface area contributed by atoms with E-state index in [0.717, 1.165) is 4.90 Å². The van der Waals surface area contributed by atoms with Gasteiger partial charge >= 0.3 is 0 Å². The van der Waals surface area contributed by atoms with Crippen LogP contribution >= 0.6 is 11.3 Å². The molecule has 1 N–H and O–H groups in total. The molecule has 6 nitrogen and oxygen atoms in total. The van der Waals surface area contributed by atoms with Crippen LogP contribution in [-0.2, 0) is 14.4 Å². The first-order valence-corrected chi connectivity index (χ1v) is 7.70. The number of nitrogens with one attached hydrogen (secondary N) is 1. The zero-order valence-corrected chi connectivity index (χ0v) is 12.3. The largest absolute Gasteiger partial charge is 0.300 e. The van der Waals surface area contributed by atoms with E-state index in [2.05, 4.69) is 10.3 Å². The maximum Gasteiger partial charge on any atom is 0.249 e. The minimum atomic E-state index is -0.820. The molecule has 0 bridgehead atoms. The van der Waals surface area contributed by atoms with Gasteiger partial charge in [0.05, 0.1) is 11.8 Å². The van der Waals surface area contributed by atoms with E-state index in [4.69, 9.17) is 0 Å². The Hall–Kier alpha value is -2.02. The van der Waals surface area contributed by atoms with Crippen LogP contribution in [0.2, 0.25) is 0 Å². The molecule has 3 amide bonds. The number of anilines is 1. The molecule has 1 aliphatic carbocycles. The molecule has 0 unspecified atom stereocenters. The van der Waals surface area contributed by atoms with Gasteiger partial charge in [0.25, 0.3) is 0 Å². The van der Waals surface area contributed by atoms with Gasteiger partial charge in [0.2, 0.25) is 17.7 Å². The van der Waals surface area contributed by atoms with Gasteiger partial charge in [-0.15, -0.1) is 11.3 Å². The molecule has 7 heteroatoms. The van der Waals surface area contributed by atoms with Crippen molar-refractivity contribution in [1.29, 1.82) is 0 Å². The fourth-order valence-electron chi connectivity index (χ4n) is 2.82. The van der Waals surface area contributed by atoms with Crippen LogP contribution < -0.4 is 5.32 Å². The lowest BCUT2D eigenvalue weighted by atomic mass is 9.85. The summed E-state index contributed by atoms with van der Waals surface area (Å²) in [7, 11) is 0. The summed E-state index contributed by atoms with van der Waals surface area (Å²) < 4.78 is 0. The maximum atomic E-state index is 12.4. The molecule has 1 saturated heterocycles. The smallest absolute Gasteiger partial charge is 0.249 e. The molecular formula is C14H15N3O3S. The number of hydrogen-bond acceptors (Lipinski definition) is 5. The van der Waals surface area contributed by atoms with Crippen molar-refractivity contribution in [2.75, 3.05) is 5.32 Å². The molecule has 1 aromatic rings. The zero-order valence-electron chi connectivity index (χ0n) is 11.5. The molecule has 2 aliphatic rings. The predicted octanol–water partition coefficient (Wildman–Crippen LogP) is 1.42. The highest BCUT2D eigenvalue weighted by molar-refractivity contribution is 7.13. The Morgan fingerprint density at radius 2 is 1.95 bits per heavy atom. The number of carbonyl (C=O) groups is 3. The van der Waals surface area contributed by atoms with Gasteiger partial charge in [0.1, 0.15) is 6.04 Å². The summed E-state index contributed by atoms with van der Waals surface area (Å²) in [4.78, 5) is 42.0. The van der Waals surface area contributed by atoms with Crippen LogP contribution in [0.1, 0.15) is 19.8 Å². The van der Waals surface area contributed by atoms with Crippen molar-refractivity contribution in [1.82, 2.24) is 9.88 Å². The topological polar surface area (TPSA) is 79.4 Å². The van der Waals surface area contributed by atoms with Crippen molar-refractivity contribution < 1.29 is 14.4 Å². The van der Waals surface area contributed by atoms with Crippen LogP contribution in [0.15, 0.2) is 23.7 Å². The van der Waals surface area contributed by atoms with Crippen molar-refractivity contribution in [3.05, 3.63) is 23.7 Å². The van der Waals surface area contributed by atoms with Gasteiger partial charge in [-0.2, -0.15) is 0 Å². The Labute approximate surface area is 125 Å². The van der Waals surface area contributed by atoms with Gasteiger partial charge in [-0.1, -0.05) is 12.2 Å². The number of aromatic nitrogens is 1. The van der Waals surface area contributed by atoms with Crippen LogP contribution in [0.4, 0.5) is 5.13 Å². The first kappa shape index (κ1) is 13.9. The quantitative estimate of drug-likeness (QED) is 0.676. The fourth-order valence-corrected chi connectivity index (χ4v) is 3.35. The highest BCUT2D eigenvalue weighted by Crippen LogP contribution is 2.36. The lowest BCUT2D eigenvalue weighted by Crippen LogP contribution is -2.46. The van der Waals surface area contributed by atoms with Gasteiger partial charge in [-0.25, -0.2) is 4.98 Å². The predicted molar refractivity (Wildman–Crippen MR) is 77.4 cm³/mol. The lowest BCUT2D eigenvalue weighted by molar-refractivity contribution is -0.146. The van der Waals surface area contributed by atoms with E-state index in [-0.39, 0.29) is 23.7 Å². The van der Waals surface area contributed by atoms with E-state index < -0.39 is 11.9 Å².